The van der Waals surface area contributed by atoms with Gasteiger partial charge in [0.2, 0.25) is 0 Å². The van der Waals surface area contributed by atoms with Crippen molar-refractivity contribution in [2.75, 3.05) is 0 Å². The third-order valence-electron chi connectivity index (χ3n) is 5.55. The van der Waals surface area contributed by atoms with E-state index in [0.29, 0.717) is 0 Å². The van der Waals surface area contributed by atoms with Crippen LogP contribution in [-0.4, -0.2) is 29.8 Å². The van der Waals surface area contributed by atoms with Crippen LogP contribution >= 0.6 is 0 Å². The minimum atomic E-state index is -4.44. The van der Waals surface area contributed by atoms with Gasteiger partial charge < -0.3 is 18.8 Å². The Labute approximate surface area is 270 Å². The van der Waals surface area contributed by atoms with Gasteiger partial charge in [0.1, 0.15) is 50.0 Å². The summed E-state index contributed by atoms with van der Waals surface area (Å²) < 4.78 is 61.1. The highest BCUT2D eigenvalue weighted by molar-refractivity contribution is 7.97. The average Bonchev–Trinajstić information content (AvgIpc) is 2.89. The summed E-state index contributed by atoms with van der Waals surface area (Å²) in [6.07, 6.45) is 0. The largest absolute Gasteiger partial charge is 0.744 e. The van der Waals surface area contributed by atoms with E-state index in [2.05, 4.69) is 135 Å². The van der Waals surface area contributed by atoms with E-state index in [0.717, 1.165) is 41.5 Å². The van der Waals surface area contributed by atoms with Gasteiger partial charge in [-0.1, -0.05) is 0 Å². The Morgan fingerprint density at radius 2 is 0.778 bits per heavy atom. The molecule has 242 valence electrons. The quantitative estimate of drug-likeness (QED) is 0.146. The molecule has 0 saturated heterocycles. The van der Waals surface area contributed by atoms with Crippen molar-refractivity contribution >= 4 is 21.0 Å². The maximum atomic E-state index is 12.2. The van der Waals surface area contributed by atoms with Gasteiger partial charge in [0.25, 0.3) is 0 Å². The number of hydrogen-bond donors (Lipinski definition) is 0. The van der Waals surface area contributed by atoms with Crippen molar-refractivity contribution in [2.24, 2.45) is 0 Å². The molecule has 0 atom stereocenters. The maximum absolute atomic E-state index is 12.2. The van der Waals surface area contributed by atoms with Crippen molar-refractivity contribution in [3.63, 3.8) is 0 Å². The molecule has 0 heterocycles. The van der Waals surface area contributed by atoms with Crippen molar-refractivity contribution in [1.29, 1.82) is 0 Å². The van der Waals surface area contributed by atoms with E-state index in [4.69, 9.17) is 14.2 Å². The molecule has 0 radical (unpaired) electrons. The van der Waals surface area contributed by atoms with E-state index in [1.165, 1.54) is 14.7 Å². The van der Waals surface area contributed by atoms with Crippen LogP contribution in [0.25, 0.3) is 0 Å². The summed E-state index contributed by atoms with van der Waals surface area (Å²) in [4.78, 5) is 3.28. The third kappa shape index (κ3) is 12.4. The summed E-state index contributed by atoms with van der Waals surface area (Å²) in [5.41, 5.74) is -0.682. The molecule has 4 aromatic carbocycles. The topological polar surface area (TPSA) is 84.9 Å². The van der Waals surface area contributed by atoms with Crippen molar-refractivity contribution < 1.29 is 31.6 Å². The van der Waals surface area contributed by atoms with Crippen LogP contribution in [0.3, 0.4) is 0 Å². The van der Waals surface area contributed by atoms with Crippen molar-refractivity contribution in [3.05, 3.63) is 103 Å². The second kappa shape index (κ2) is 14.3. The van der Waals surface area contributed by atoms with E-state index >= 15 is 0 Å². The van der Waals surface area contributed by atoms with Gasteiger partial charge in [-0.2, -0.15) is 0 Å². The Morgan fingerprint density at radius 3 is 1.00 bits per heavy atom. The fourth-order valence-corrected chi connectivity index (χ4v) is 6.51. The van der Waals surface area contributed by atoms with Gasteiger partial charge in [-0.3, -0.25) is 0 Å². The Balaban J connectivity index is 0.000000423. The molecule has 9 heteroatoms. The molecule has 0 aromatic heterocycles. The molecule has 0 bridgehead atoms. The predicted molar refractivity (Wildman–Crippen MR) is 177 cm³/mol. The van der Waals surface area contributed by atoms with Gasteiger partial charge in [0.05, 0.1) is 15.8 Å². The maximum Gasteiger partial charge on any atom is 0.166 e. The molecule has 4 rings (SSSR count). The van der Waals surface area contributed by atoms with Crippen molar-refractivity contribution in [2.45, 2.75) is 98.7 Å². The summed E-state index contributed by atoms with van der Waals surface area (Å²) in [6.45, 7) is 18.6. The van der Waals surface area contributed by atoms with Crippen molar-refractivity contribution in [1.82, 2.24) is 0 Å². The standard InChI is InChI=1S/C30H39O3S.C6H5FO3S/c1-28(2,3)31-22-10-16-25(17-11-22)34(26-18-12-23(13-19-26)32-29(4,5)6)27-20-14-24(15-21-27)33-30(7,8)9;7-5-1-3-6(4-2-5)11(8,9)10/h10-21H,1-9H3;1-4H,(H,8,9,10)/q+1;/p-1. The lowest BCUT2D eigenvalue weighted by atomic mass is 10.2. The van der Waals surface area contributed by atoms with Gasteiger partial charge in [-0.05, 0) is 159 Å². The van der Waals surface area contributed by atoms with Crippen LogP contribution in [0.1, 0.15) is 62.3 Å². The fraction of sp³-hybridized carbons (Fsp3) is 0.333. The lowest BCUT2D eigenvalue weighted by Crippen LogP contribution is -2.23. The van der Waals surface area contributed by atoms with Gasteiger partial charge in [0.15, 0.2) is 14.7 Å². The molecular formula is C36H43FO6S2. The molecule has 0 unspecified atom stereocenters. The average molecular weight is 655 g/mol. The number of halogens is 1. The minimum Gasteiger partial charge on any atom is -0.744 e. The van der Waals surface area contributed by atoms with E-state index in [9.17, 15) is 17.4 Å². The zero-order chi connectivity index (χ0) is 33.6. The molecular weight excluding hydrogens is 612 g/mol. The molecule has 45 heavy (non-hydrogen) atoms. The number of rotatable bonds is 7. The molecule has 0 saturated carbocycles. The van der Waals surface area contributed by atoms with Gasteiger partial charge >= 0.3 is 0 Å². The number of hydrogen-bond acceptors (Lipinski definition) is 6. The normalized spacial score (nSPS) is 12.3. The Kier molecular flexibility index (Phi) is 11.4. The summed E-state index contributed by atoms with van der Waals surface area (Å²) in [6, 6.07) is 29.1. The molecule has 4 aromatic rings. The molecule has 0 fully saturated rings. The zero-order valence-corrected chi connectivity index (χ0v) is 29.0. The lowest BCUT2D eigenvalue weighted by Gasteiger charge is -2.22. The molecule has 6 nitrogen and oxygen atoms in total. The SMILES string of the molecule is CC(C)(C)Oc1ccc([S+](c2ccc(OC(C)(C)C)cc2)c2ccc(OC(C)(C)C)cc2)cc1.O=S(=O)([O-])c1ccc(F)cc1. The number of ether oxygens (including phenoxy) is 3. The summed E-state index contributed by atoms with van der Waals surface area (Å²) in [5.74, 6) is 2.06. The van der Waals surface area contributed by atoms with E-state index in [-0.39, 0.29) is 27.7 Å². The molecule has 0 aliphatic carbocycles. The second-order valence-electron chi connectivity index (χ2n) is 13.3. The first-order valence-corrected chi connectivity index (χ1v) is 17.1. The first kappa shape index (κ1) is 35.9. The van der Waals surface area contributed by atoms with Gasteiger partial charge in [0, 0.05) is 0 Å². The Morgan fingerprint density at radius 1 is 0.511 bits per heavy atom. The van der Waals surface area contributed by atoms with Gasteiger partial charge in [-0.25, -0.2) is 12.8 Å². The van der Waals surface area contributed by atoms with E-state index < -0.39 is 20.8 Å². The minimum absolute atomic E-state index is 0.227. The zero-order valence-electron chi connectivity index (χ0n) is 27.4. The Bertz CT molecular complexity index is 1470. The molecule has 0 amide bonds. The van der Waals surface area contributed by atoms with Crippen LogP contribution in [0, 0.1) is 5.82 Å². The predicted octanol–water partition coefficient (Wildman–Crippen LogP) is 9.04. The summed E-state index contributed by atoms with van der Waals surface area (Å²) >= 11 is 0. The fourth-order valence-electron chi connectivity index (χ4n) is 4.00. The Hall–Kier alpha value is -3.53. The van der Waals surface area contributed by atoms with Crippen molar-refractivity contribution in [3.8, 4) is 17.2 Å². The second-order valence-corrected chi connectivity index (χ2v) is 16.7. The summed E-state index contributed by atoms with van der Waals surface area (Å²) in [5, 5.41) is 0. The number of benzene rings is 4. The third-order valence-corrected chi connectivity index (χ3v) is 8.63. The smallest absolute Gasteiger partial charge is 0.166 e. The van der Waals surface area contributed by atoms with E-state index in [1.807, 2.05) is 0 Å². The molecule has 0 spiro atoms. The monoisotopic (exact) mass is 654 g/mol. The first-order valence-electron chi connectivity index (χ1n) is 14.5. The highest BCUT2D eigenvalue weighted by Crippen LogP contribution is 2.35. The lowest BCUT2D eigenvalue weighted by molar-refractivity contribution is 0.130. The van der Waals surface area contributed by atoms with Gasteiger partial charge in [-0.15, -0.1) is 0 Å². The first-order chi connectivity index (χ1) is 20.7. The van der Waals surface area contributed by atoms with Crippen LogP contribution in [0.4, 0.5) is 4.39 Å². The highest BCUT2D eigenvalue weighted by Gasteiger charge is 2.29. The summed E-state index contributed by atoms with van der Waals surface area (Å²) in [7, 11) is -4.71. The molecule has 0 aliphatic rings. The van der Waals surface area contributed by atoms with Crippen LogP contribution in [0.2, 0.25) is 0 Å². The van der Waals surface area contributed by atoms with Crippen LogP contribution < -0.4 is 14.2 Å². The molecule has 0 N–H and O–H groups in total. The highest BCUT2D eigenvalue weighted by atomic mass is 32.2. The van der Waals surface area contributed by atoms with Crippen LogP contribution in [-0.2, 0) is 21.0 Å². The molecule has 0 aliphatic heterocycles. The van der Waals surface area contributed by atoms with E-state index in [1.54, 1.807) is 0 Å². The van der Waals surface area contributed by atoms with Crippen LogP contribution in [0.15, 0.2) is 117 Å². The van der Waals surface area contributed by atoms with Crippen LogP contribution in [0.5, 0.6) is 17.2 Å².